The van der Waals surface area contributed by atoms with Crippen LogP contribution in [-0.4, -0.2) is 6.61 Å². The Balaban J connectivity index is 1.59. The van der Waals surface area contributed by atoms with Crippen LogP contribution in [-0.2, 0) is 0 Å². The number of halogens is 4. The highest BCUT2D eigenvalue weighted by Crippen LogP contribution is 2.44. The van der Waals surface area contributed by atoms with Crippen LogP contribution < -0.4 is 4.74 Å². The number of alkyl halides is 2. The minimum absolute atomic E-state index is 0.0837. The summed E-state index contributed by atoms with van der Waals surface area (Å²) in [6, 6.07) is 2.31. The number of benzene rings is 1. The normalized spacial score (nSPS) is 29.6. The molecule has 0 N–H and O–H groups in total. The molecule has 0 aromatic heterocycles. The third kappa shape index (κ3) is 4.41. The summed E-state index contributed by atoms with van der Waals surface area (Å²) in [4.78, 5) is 0. The average Bonchev–Trinajstić information content (AvgIpc) is 2.64. The van der Waals surface area contributed by atoms with E-state index in [9.17, 15) is 17.6 Å². The van der Waals surface area contributed by atoms with Gasteiger partial charge in [0.2, 0.25) is 0 Å². The Labute approximate surface area is 152 Å². The molecule has 0 atom stereocenters. The molecule has 0 bridgehead atoms. The van der Waals surface area contributed by atoms with Gasteiger partial charge < -0.3 is 4.74 Å². The zero-order valence-corrected chi connectivity index (χ0v) is 14.9. The van der Waals surface area contributed by atoms with Crippen molar-refractivity contribution in [1.82, 2.24) is 0 Å². The highest BCUT2D eigenvalue weighted by molar-refractivity contribution is 5.33. The second-order valence-electron chi connectivity index (χ2n) is 7.71. The lowest BCUT2D eigenvalue weighted by atomic mass is 9.68. The molecule has 0 aliphatic heterocycles. The molecule has 2 aliphatic rings. The first-order valence-corrected chi connectivity index (χ1v) is 9.54. The lowest BCUT2D eigenvalue weighted by Crippen LogP contribution is -2.25. The van der Waals surface area contributed by atoms with E-state index in [4.69, 9.17) is 0 Å². The molecule has 2 fully saturated rings. The zero-order valence-electron chi connectivity index (χ0n) is 14.9. The first kappa shape index (κ1) is 19.2. The zero-order chi connectivity index (χ0) is 18.7. The topological polar surface area (TPSA) is 9.23 Å². The van der Waals surface area contributed by atoms with E-state index >= 15 is 0 Å². The molecule has 0 radical (unpaired) electrons. The van der Waals surface area contributed by atoms with Gasteiger partial charge in [0.25, 0.3) is 0 Å². The Morgan fingerprint density at radius 2 is 1.38 bits per heavy atom. The first-order chi connectivity index (χ1) is 12.5. The number of rotatable bonds is 5. The summed E-state index contributed by atoms with van der Waals surface area (Å²) >= 11 is 0. The van der Waals surface area contributed by atoms with Crippen LogP contribution in [0.5, 0.6) is 5.75 Å². The summed E-state index contributed by atoms with van der Waals surface area (Å²) in [5, 5.41) is 0. The van der Waals surface area contributed by atoms with Crippen molar-refractivity contribution in [2.24, 2.45) is 17.8 Å². The lowest BCUT2D eigenvalue weighted by molar-refractivity contribution is -0.0546. The van der Waals surface area contributed by atoms with Gasteiger partial charge in [-0.3, -0.25) is 0 Å². The maximum absolute atomic E-state index is 14.0. The summed E-state index contributed by atoms with van der Waals surface area (Å²) in [6.45, 7) is 0.650. The van der Waals surface area contributed by atoms with E-state index in [1.165, 1.54) is 25.7 Å². The van der Waals surface area contributed by atoms with E-state index in [0.29, 0.717) is 17.4 Å². The first-order valence-electron chi connectivity index (χ1n) is 9.54. The molecular weight excluding hydrogens is 344 g/mol. The van der Waals surface area contributed by atoms with Gasteiger partial charge >= 0.3 is 6.61 Å². The van der Waals surface area contributed by atoms with Crippen LogP contribution in [0.15, 0.2) is 24.8 Å². The molecule has 144 valence electrons. The summed E-state index contributed by atoms with van der Waals surface area (Å²) < 4.78 is 56.3. The maximum atomic E-state index is 14.0. The van der Waals surface area contributed by atoms with Crippen molar-refractivity contribution in [3.8, 4) is 5.75 Å². The summed E-state index contributed by atoms with van der Waals surface area (Å²) in [5.74, 6) is -0.912. The van der Waals surface area contributed by atoms with E-state index in [-0.39, 0.29) is 5.92 Å². The standard InChI is InChI=1S/C21H26F4O/c1-2-13-3-5-14(6-4-13)15-7-9-16(10-8-15)17-11-18(22)20(19(23)12-17)26-21(24)25/h2,11-16,21H,1,3-10H2. The van der Waals surface area contributed by atoms with Gasteiger partial charge in [-0.15, -0.1) is 6.58 Å². The van der Waals surface area contributed by atoms with E-state index in [0.717, 1.165) is 43.7 Å². The molecule has 1 nitrogen and oxygen atoms in total. The van der Waals surface area contributed by atoms with Crippen LogP contribution in [0.1, 0.15) is 62.8 Å². The highest BCUT2D eigenvalue weighted by Gasteiger charge is 2.31. The Morgan fingerprint density at radius 1 is 0.885 bits per heavy atom. The largest absolute Gasteiger partial charge is 0.429 e. The molecule has 0 saturated heterocycles. The van der Waals surface area contributed by atoms with E-state index in [1.54, 1.807) is 0 Å². The predicted octanol–water partition coefficient (Wildman–Crippen LogP) is 6.83. The number of allylic oxidation sites excluding steroid dienone is 1. The van der Waals surface area contributed by atoms with Crippen LogP contribution in [0.25, 0.3) is 0 Å². The number of ether oxygens (including phenoxy) is 1. The third-order valence-electron chi connectivity index (χ3n) is 6.29. The molecule has 3 rings (SSSR count). The van der Waals surface area contributed by atoms with E-state index < -0.39 is 24.0 Å². The van der Waals surface area contributed by atoms with Gasteiger partial charge in [0.05, 0.1) is 0 Å². The second kappa shape index (κ2) is 8.45. The van der Waals surface area contributed by atoms with Gasteiger partial charge in [-0.25, -0.2) is 8.78 Å². The summed E-state index contributed by atoms with van der Waals surface area (Å²) in [6.07, 6.45) is 10.9. The molecule has 1 aromatic carbocycles. The van der Waals surface area contributed by atoms with E-state index in [2.05, 4.69) is 17.4 Å². The van der Waals surface area contributed by atoms with Gasteiger partial charge in [0, 0.05) is 0 Å². The van der Waals surface area contributed by atoms with Crippen molar-refractivity contribution < 1.29 is 22.3 Å². The van der Waals surface area contributed by atoms with Crippen LogP contribution in [0.3, 0.4) is 0 Å². The van der Waals surface area contributed by atoms with Crippen LogP contribution in [0, 0.1) is 29.4 Å². The van der Waals surface area contributed by atoms with E-state index in [1.807, 2.05) is 0 Å². The van der Waals surface area contributed by atoms with Gasteiger partial charge in [-0.2, -0.15) is 8.78 Å². The van der Waals surface area contributed by atoms with Crippen LogP contribution >= 0.6 is 0 Å². The molecule has 1 aromatic rings. The van der Waals surface area contributed by atoms with Gasteiger partial charge in [-0.1, -0.05) is 6.08 Å². The quantitative estimate of drug-likeness (QED) is 0.408. The smallest absolute Gasteiger partial charge is 0.387 e. The van der Waals surface area contributed by atoms with Crippen LogP contribution in [0.4, 0.5) is 17.6 Å². The van der Waals surface area contributed by atoms with Gasteiger partial charge in [0.1, 0.15) is 0 Å². The molecule has 2 saturated carbocycles. The average molecular weight is 370 g/mol. The number of hydrogen-bond donors (Lipinski definition) is 0. The molecule has 2 aliphatic carbocycles. The molecular formula is C21H26F4O. The highest BCUT2D eigenvalue weighted by atomic mass is 19.3. The molecule has 5 heteroatoms. The summed E-state index contributed by atoms with van der Waals surface area (Å²) in [7, 11) is 0. The number of hydrogen-bond acceptors (Lipinski definition) is 1. The van der Waals surface area contributed by atoms with Gasteiger partial charge in [-0.05, 0) is 92.7 Å². The Morgan fingerprint density at radius 3 is 1.85 bits per heavy atom. The van der Waals surface area contributed by atoms with Crippen LogP contribution in [0.2, 0.25) is 0 Å². The maximum Gasteiger partial charge on any atom is 0.387 e. The third-order valence-corrected chi connectivity index (χ3v) is 6.29. The van der Waals surface area contributed by atoms with Crippen molar-refractivity contribution in [3.63, 3.8) is 0 Å². The Kier molecular flexibility index (Phi) is 6.25. The molecule has 0 spiro atoms. The van der Waals surface area contributed by atoms with Crippen molar-refractivity contribution in [3.05, 3.63) is 42.0 Å². The molecule has 0 amide bonds. The minimum atomic E-state index is -3.24. The fourth-order valence-corrected chi connectivity index (χ4v) is 4.79. The van der Waals surface area contributed by atoms with Crippen molar-refractivity contribution in [2.45, 2.75) is 63.9 Å². The van der Waals surface area contributed by atoms with Crippen molar-refractivity contribution in [2.75, 3.05) is 0 Å². The van der Waals surface area contributed by atoms with Gasteiger partial charge in [0.15, 0.2) is 17.4 Å². The fourth-order valence-electron chi connectivity index (χ4n) is 4.79. The lowest BCUT2D eigenvalue weighted by Gasteiger charge is -2.37. The second-order valence-corrected chi connectivity index (χ2v) is 7.71. The fraction of sp³-hybridized carbons (Fsp3) is 0.619. The predicted molar refractivity (Wildman–Crippen MR) is 93.3 cm³/mol. The minimum Gasteiger partial charge on any atom is -0.429 e. The summed E-state index contributed by atoms with van der Waals surface area (Å²) in [5.41, 5.74) is 0.551. The van der Waals surface area contributed by atoms with Crippen molar-refractivity contribution in [1.29, 1.82) is 0 Å². The molecule has 26 heavy (non-hydrogen) atoms. The molecule has 0 heterocycles. The Bertz CT molecular complexity index is 591. The van der Waals surface area contributed by atoms with Crippen molar-refractivity contribution >= 4 is 0 Å². The SMILES string of the molecule is C=CC1CCC(C2CCC(c3cc(F)c(OC(F)F)c(F)c3)CC2)CC1. The Hall–Kier alpha value is -1.52. The monoisotopic (exact) mass is 370 g/mol. The molecule has 0 unspecified atom stereocenters.